The summed E-state index contributed by atoms with van der Waals surface area (Å²) in [6.07, 6.45) is 0. The highest BCUT2D eigenvalue weighted by Gasteiger charge is 2.33. The minimum Gasteiger partial charge on any atom is -0.0629 e. The van der Waals surface area contributed by atoms with Crippen LogP contribution in [0.4, 0.5) is 0 Å². The van der Waals surface area contributed by atoms with Crippen molar-refractivity contribution in [3.05, 3.63) is 169 Å². The van der Waals surface area contributed by atoms with Gasteiger partial charge in [-0.3, -0.25) is 0 Å². The van der Waals surface area contributed by atoms with E-state index in [4.69, 9.17) is 0 Å². The van der Waals surface area contributed by atoms with E-state index in [0.717, 1.165) is 0 Å². The summed E-state index contributed by atoms with van der Waals surface area (Å²) in [5.41, 5.74) is 1.97. The first kappa shape index (κ1) is 24.4. The Hall–Kier alpha value is -3.99. The Morgan fingerprint density at radius 1 is 0.395 bits per heavy atom. The van der Waals surface area contributed by atoms with Crippen LogP contribution in [0.2, 0.25) is 6.04 Å². The van der Waals surface area contributed by atoms with E-state index in [1.807, 2.05) is 0 Å². The van der Waals surface area contributed by atoms with Crippen molar-refractivity contribution in [1.29, 1.82) is 0 Å². The molecule has 0 nitrogen and oxygen atoms in total. The molecule has 0 N–H and O–H groups in total. The van der Waals surface area contributed by atoms with Gasteiger partial charge in [-0.15, -0.1) is 0 Å². The summed E-state index contributed by atoms with van der Waals surface area (Å²) < 4.78 is 0. The maximum atomic E-state index is 2.42. The van der Waals surface area contributed by atoms with Crippen LogP contribution in [-0.2, 0) is 0 Å². The summed E-state index contributed by atoms with van der Waals surface area (Å²) in [4.78, 5) is 0. The van der Waals surface area contributed by atoms with Crippen LogP contribution in [0.1, 0.15) is 11.1 Å². The van der Waals surface area contributed by atoms with Crippen molar-refractivity contribution in [1.82, 2.24) is 0 Å². The minimum absolute atomic E-state index is 0.461. The number of benzene rings is 6. The first-order chi connectivity index (χ1) is 18.9. The Bertz CT molecular complexity index is 1500. The lowest BCUT2D eigenvalue weighted by atomic mass is 10.0. The van der Waals surface area contributed by atoms with Gasteiger partial charge < -0.3 is 0 Å². The van der Waals surface area contributed by atoms with E-state index in [1.165, 1.54) is 43.1 Å². The zero-order valence-electron chi connectivity index (χ0n) is 21.5. The van der Waals surface area contributed by atoms with Gasteiger partial charge in [-0.25, -0.2) is 0 Å². The molecule has 2 heteroatoms. The van der Waals surface area contributed by atoms with E-state index >= 15 is 0 Å². The fraction of sp³-hybridized carbons (Fsp3) is 0.0556. The third-order valence-electron chi connectivity index (χ3n) is 7.84. The van der Waals surface area contributed by atoms with Crippen LogP contribution >= 0.6 is 0 Å². The molecule has 0 aromatic heterocycles. The van der Waals surface area contributed by atoms with E-state index < -0.39 is 17.6 Å². The van der Waals surface area contributed by atoms with E-state index in [2.05, 4.69) is 164 Å². The van der Waals surface area contributed by atoms with Gasteiger partial charge in [-0.1, -0.05) is 185 Å². The molecule has 6 rings (SSSR count). The molecule has 0 heterocycles. The standard InChI is InChI=1S/C36H32Si2/c1-5-18-30(19-6-1)37(31-20-7-2-8-21-31)28-36(35-27-15-17-29-16-13-14-26-34(29)35)38(32-22-9-3-10-23-32)33-24-11-4-12-25-33/h1-27,36-38H,28H2. The van der Waals surface area contributed by atoms with Gasteiger partial charge in [-0.05, 0) is 27.9 Å². The lowest BCUT2D eigenvalue weighted by Crippen LogP contribution is -2.51. The summed E-state index contributed by atoms with van der Waals surface area (Å²) in [5, 5.41) is 8.83. The van der Waals surface area contributed by atoms with Gasteiger partial charge in [0.25, 0.3) is 0 Å². The molecule has 6 aromatic rings. The topological polar surface area (TPSA) is 0 Å². The predicted molar refractivity (Wildman–Crippen MR) is 170 cm³/mol. The Morgan fingerprint density at radius 3 is 1.34 bits per heavy atom. The van der Waals surface area contributed by atoms with Gasteiger partial charge in [0.05, 0.1) is 0 Å². The number of rotatable bonds is 8. The van der Waals surface area contributed by atoms with Crippen LogP contribution in [0.3, 0.4) is 0 Å². The van der Waals surface area contributed by atoms with E-state index in [-0.39, 0.29) is 0 Å². The van der Waals surface area contributed by atoms with Crippen molar-refractivity contribution in [3.8, 4) is 0 Å². The third kappa shape index (κ3) is 5.19. The second-order valence-electron chi connectivity index (χ2n) is 10.1. The Labute approximate surface area is 229 Å². The van der Waals surface area contributed by atoms with Gasteiger partial charge >= 0.3 is 0 Å². The average molecular weight is 521 g/mol. The Kier molecular flexibility index (Phi) is 7.43. The van der Waals surface area contributed by atoms with Gasteiger partial charge in [0, 0.05) is 0 Å². The molecule has 184 valence electrons. The van der Waals surface area contributed by atoms with Crippen molar-refractivity contribution < 1.29 is 0 Å². The highest BCUT2D eigenvalue weighted by molar-refractivity contribution is 6.90. The van der Waals surface area contributed by atoms with Gasteiger partial charge in [0.2, 0.25) is 0 Å². The second-order valence-corrected chi connectivity index (χ2v) is 16.1. The molecular weight excluding hydrogens is 489 g/mol. The first-order valence-electron chi connectivity index (χ1n) is 13.6. The minimum atomic E-state index is -1.67. The number of hydrogen-bond acceptors (Lipinski definition) is 0. The van der Waals surface area contributed by atoms with Crippen LogP contribution in [0, 0.1) is 0 Å². The van der Waals surface area contributed by atoms with Crippen molar-refractivity contribution in [2.45, 2.75) is 11.6 Å². The lowest BCUT2D eigenvalue weighted by molar-refractivity contribution is 1.06. The van der Waals surface area contributed by atoms with E-state index in [9.17, 15) is 0 Å². The average Bonchev–Trinajstić information content (AvgIpc) is 3.01. The van der Waals surface area contributed by atoms with Crippen molar-refractivity contribution in [2.75, 3.05) is 0 Å². The molecule has 0 aliphatic rings. The molecule has 0 saturated carbocycles. The fourth-order valence-electron chi connectivity index (χ4n) is 6.08. The molecule has 6 aromatic carbocycles. The zero-order chi connectivity index (χ0) is 25.6. The number of hydrogen-bond donors (Lipinski definition) is 0. The molecule has 0 fully saturated rings. The first-order valence-corrected chi connectivity index (χ1v) is 17.3. The van der Waals surface area contributed by atoms with Crippen molar-refractivity contribution in [2.24, 2.45) is 0 Å². The molecule has 0 aliphatic carbocycles. The van der Waals surface area contributed by atoms with Gasteiger partial charge in [0.1, 0.15) is 17.6 Å². The summed E-state index contributed by atoms with van der Waals surface area (Å²) in [7, 11) is -3.19. The highest BCUT2D eigenvalue weighted by Crippen LogP contribution is 2.31. The predicted octanol–water partition coefficient (Wildman–Crippen LogP) is 5.55. The molecule has 0 spiro atoms. The van der Waals surface area contributed by atoms with Crippen LogP contribution in [-0.4, -0.2) is 17.6 Å². The monoisotopic (exact) mass is 520 g/mol. The smallest absolute Gasteiger partial charge is 0.0629 e. The Balaban J connectivity index is 1.58. The van der Waals surface area contributed by atoms with Gasteiger partial charge in [0.15, 0.2) is 0 Å². The SMILES string of the molecule is c1ccc([SiH](CC(c2cccc3ccccc23)[SiH](c2ccccc2)c2ccccc2)c2ccccc2)cc1. The third-order valence-corrected chi connectivity index (χ3v) is 15.4. The van der Waals surface area contributed by atoms with E-state index in [1.54, 1.807) is 0 Å². The van der Waals surface area contributed by atoms with Crippen LogP contribution in [0.15, 0.2) is 164 Å². The molecule has 0 saturated heterocycles. The van der Waals surface area contributed by atoms with Crippen LogP contribution < -0.4 is 20.7 Å². The van der Waals surface area contributed by atoms with Crippen LogP contribution in [0.5, 0.6) is 0 Å². The second kappa shape index (κ2) is 11.6. The van der Waals surface area contributed by atoms with Gasteiger partial charge in [-0.2, -0.15) is 0 Å². The molecule has 0 amide bonds. The highest BCUT2D eigenvalue weighted by atomic mass is 28.3. The normalized spacial score (nSPS) is 12.2. The summed E-state index contributed by atoms with van der Waals surface area (Å²) in [6.45, 7) is 0. The molecule has 38 heavy (non-hydrogen) atoms. The summed E-state index contributed by atoms with van der Waals surface area (Å²) >= 11 is 0. The molecule has 0 radical (unpaired) electrons. The zero-order valence-corrected chi connectivity index (χ0v) is 23.8. The maximum absolute atomic E-state index is 2.42. The largest absolute Gasteiger partial charge is 0.110 e. The maximum Gasteiger partial charge on any atom is 0.110 e. The quantitative estimate of drug-likeness (QED) is 0.231. The molecular formula is C36H32Si2. The fourth-order valence-corrected chi connectivity index (χ4v) is 14.3. The lowest BCUT2D eigenvalue weighted by Gasteiger charge is -2.32. The molecule has 1 unspecified atom stereocenters. The van der Waals surface area contributed by atoms with Crippen LogP contribution in [0.25, 0.3) is 10.8 Å². The summed E-state index contributed by atoms with van der Waals surface area (Å²) in [6, 6.07) is 62.5. The Morgan fingerprint density at radius 2 is 0.816 bits per heavy atom. The van der Waals surface area contributed by atoms with Crippen molar-refractivity contribution in [3.63, 3.8) is 0 Å². The molecule has 0 bridgehead atoms. The number of fused-ring (bicyclic) bond motifs is 1. The molecule has 1 atom stereocenters. The molecule has 0 aliphatic heterocycles. The van der Waals surface area contributed by atoms with Crippen molar-refractivity contribution >= 4 is 49.1 Å². The van der Waals surface area contributed by atoms with E-state index in [0.29, 0.717) is 5.54 Å². The summed E-state index contributed by atoms with van der Waals surface area (Å²) in [5.74, 6) is 0.